The molecule has 0 atom stereocenters. The molecule has 2 rings (SSSR count). The van der Waals surface area contributed by atoms with E-state index in [1.54, 1.807) is 12.3 Å². The van der Waals surface area contributed by atoms with Crippen molar-refractivity contribution in [3.8, 4) is 17.1 Å². The van der Waals surface area contributed by atoms with Gasteiger partial charge in [0.15, 0.2) is 5.82 Å². The summed E-state index contributed by atoms with van der Waals surface area (Å²) < 4.78 is 18.3. The Bertz CT molecular complexity index is 461. The fraction of sp³-hybridized carbons (Fsp3) is 0.100. The first-order valence-electron chi connectivity index (χ1n) is 4.27. The number of halogens is 1. The van der Waals surface area contributed by atoms with Gasteiger partial charge in [0.1, 0.15) is 6.33 Å². The van der Waals surface area contributed by atoms with Crippen LogP contribution >= 0.6 is 0 Å². The standard InChI is InChI=1S/C10H8FN3O/c1-15-10-4-7(8(11)5-13-10)9-2-3-12-6-14-9/h2-6H,1H3. The Kier molecular flexibility index (Phi) is 2.53. The van der Waals surface area contributed by atoms with E-state index in [9.17, 15) is 4.39 Å². The van der Waals surface area contributed by atoms with Gasteiger partial charge in [0.25, 0.3) is 0 Å². The van der Waals surface area contributed by atoms with E-state index in [4.69, 9.17) is 4.74 Å². The molecule has 0 amide bonds. The highest BCUT2D eigenvalue weighted by atomic mass is 19.1. The second-order valence-corrected chi connectivity index (χ2v) is 2.80. The largest absolute Gasteiger partial charge is 0.481 e. The van der Waals surface area contributed by atoms with Gasteiger partial charge in [-0.25, -0.2) is 19.3 Å². The molecule has 0 unspecified atom stereocenters. The third-order valence-electron chi connectivity index (χ3n) is 1.90. The number of nitrogens with zero attached hydrogens (tertiary/aromatic N) is 3. The summed E-state index contributed by atoms with van der Waals surface area (Å²) in [5, 5.41) is 0. The lowest BCUT2D eigenvalue weighted by Gasteiger charge is -2.03. The molecule has 2 heterocycles. The second kappa shape index (κ2) is 4.00. The van der Waals surface area contributed by atoms with E-state index >= 15 is 0 Å². The van der Waals surface area contributed by atoms with Crippen molar-refractivity contribution in [1.29, 1.82) is 0 Å². The minimum atomic E-state index is -0.436. The Balaban J connectivity index is 2.52. The van der Waals surface area contributed by atoms with Crippen LogP contribution in [0.15, 0.2) is 30.9 Å². The molecule has 0 bridgehead atoms. The van der Waals surface area contributed by atoms with Crippen LogP contribution in [0.5, 0.6) is 5.88 Å². The number of pyridine rings is 1. The fourth-order valence-electron chi connectivity index (χ4n) is 1.18. The first-order valence-corrected chi connectivity index (χ1v) is 4.27. The van der Waals surface area contributed by atoms with E-state index in [2.05, 4.69) is 15.0 Å². The van der Waals surface area contributed by atoms with Gasteiger partial charge in [0, 0.05) is 17.8 Å². The van der Waals surface area contributed by atoms with Gasteiger partial charge in [-0.05, 0) is 6.07 Å². The van der Waals surface area contributed by atoms with Crippen LogP contribution in [0.1, 0.15) is 0 Å². The normalized spacial score (nSPS) is 10.0. The Morgan fingerprint density at radius 1 is 1.33 bits per heavy atom. The molecule has 0 aliphatic rings. The van der Waals surface area contributed by atoms with Crippen molar-refractivity contribution in [2.75, 3.05) is 7.11 Å². The predicted octanol–water partition coefficient (Wildman–Crippen LogP) is 1.69. The summed E-state index contributed by atoms with van der Waals surface area (Å²) in [7, 11) is 1.48. The molecule has 0 aliphatic carbocycles. The Labute approximate surface area is 85.8 Å². The smallest absolute Gasteiger partial charge is 0.213 e. The molecule has 2 aromatic heterocycles. The van der Waals surface area contributed by atoms with Crippen molar-refractivity contribution in [2.24, 2.45) is 0 Å². The van der Waals surface area contributed by atoms with Crippen LogP contribution in [0.3, 0.4) is 0 Å². The van der Waals surface area contributed by atoms with Crippen LogP contribution in [0.2, 0.25) is 0 Å². The number of ether oxygens (including phenoxy) is 1. The van der Waals surface area contributed by atoms with Crippen molar-refractivity contribution < 1.29 is 9.13 Å². The maximum atomic E-state index is 13.4. The molecule has 0 aliphatic heterocycles. The van der Waals surface area contributed by atoms with Crippen molar-refractivity contribution in [2.45, 2.75) is 0 Å². The molecule has 0 fully saturated rings. The van der Waals surface area contributed by atoms with Crippen LogP contribution in [0.25, 0.3) is 11.3 Å². The van der Waals surface area contributed by atoms with Crippen LogP contribution in [-0.2, 0) is 0 Å². The van der Waals surface area contributed by atoms with Crippen molar-refractivity contribution in [1.82, 2.24) is 15.0 Å². The third-order valence-corrected chi connectivity index (χ3v) is 1.90. The van der Waals surface area contributed by atoms with Crippen LogP contribution in [0, 0.1) is 5.82 Å². The highest BCUT2D eigenvalue weighted by Crippen LogP contribution is 2.22. The van der Waals surface area contributed by atoms with Gasteiger partial charge in [-0.3, -0.25) is 0 Å². The van der Waals surface area contributed by atoms with Crippen molar-refractivity contribution in [3.63, 3.8) is 0 Å². The van der Waals surface area contributed by atoms with Crippen LogP contribution < -0.4 is 4.74 Å². The molecular weight excluding hydrogens is 197 g/mol. The van der Waals surface area contributed by atoms with Gasteiger partial charge in [0.2, 0.25) is 5.88 Å². The van der Waals surface area contributed by atoms with E-state index < -0.39 is 5.82 Å². The number of rotatable bonds is 2. The zero-order valence-electron chi connectivity index (χ0n) is 8.01. The third kappa shape index (κ3) is 1.90. The first kappa shape index (κ1) is 9.51. The van der Waals surface area contributed by atoms with Gasteiger partial charge in [-0.2, -0.15) is 0 Å². The number of methoxy groups -OCH3 is 1. The summed E-state index contributed by atoms with van der Waals surface area (Å²) in [6.07, 6.45) is 4.02. The molecule has 76 valence electrons. The summed E-state index contributed by atoms with van der Waals surface area (Å²) in [5.41, 5.74) is 0.854. The van der Waals surface area contributed by atoms with Gasteiger partial charge < -0.3 is 4.74 Å². The zero-order valence-corrected chi connectivity index (χ0v) is 8.01. The summed E-state index contributed by atoms with van der Waals surface area (Å²) in [6.45, 7) is 0. The molecule has 0 saturated carbocycles. The monoisotopic (exact) mass is 205 g/mol. The predicted molar refractivity (Wildman–Crippen MR) is 51.8 cm³/mol. The molecule has 0 saturated heterocycles. The Morgan fingerprint density at radius 3 is 2.87 bits per heavy atom. The maximum Gasteiger partial charge on any atom is 0.213 e. The maximum absolute atomic E-state index is 13.4. The summed E-state index contributed by atoms with van der Waals surface area (Å²) in [5.74, 6) is -0.0838. The van der Waals surface area contributed by atoms with E-state index in [0.29, 0.717) is 17.1 Å². The van der Waals surface area contributed by atoms with E-state index in [-0.39, 0.29) is 0 Å². The summed E-state index contributed by atoms with van der Waals surface area (Å²) in [4.78, 5) is 11.5. The zero-order chi connectivity index (χ0) is 10.7. The molecule has 0 aromatic carbocycles. The molecule has 0 spiro atoms. The highest BCUT2D eigenvalue weighted by Gasteiger charge is 2.08. The topological polar surface area (TPSA) is 47.9 Å². The number of hydrogen-bond acceptors (Lipinski definition) is 4. The van der Waals surface area contributed by atoms with Crippen LogP contribution in [-0.4, -0.2) is 22.1 Å². The quantitative estimate of drug-likeness (QED) is 0.748. The summed E-state index contributed by atoms with van der Waals surface area (Å²) >= 11 is 0. The summed E-state index contributed by atoms with van der Waals surface area (Å²) in [6, 6.07) is 3.12. The molecular formula is C10H8FN3O. The Morgan fingerprint density at radius 2 is 2.20 bits per heavy atom. The molecule has 2 aromatic rings. The Hall–Kier alpha value is -2.04. The van der Waals surface area contributed by atoms with Gasteiger partial charge in [0.05, 0.1) is 19.0 Å². The fourth-order valence-corrected chi connectivity index (χ4v) is 1.18. The number of aromatic nitrogens is 3. The van der Waals surface area contributed by atoms with Crippen molar-refractivity contribution >= 4 is 0 Å². The lowest BCUT2D eigenvalue weighted by Crippen LogP contribution is -1.93. The highest BCUT2D eigenvalue weighted by molar-refractivity contribution is 5.59. The number of hydrogen-bond donors (Lipinski definition) is 0. The second-order valence-electron chi connectivity index (χ2n) is 2.80. The average molecular weight is 205 g/mol. The molecule has 5 heteroatoms. The SMILES string of the molecule is COc1cc(-c2ccncn2)c(F)cn1. The van der Waals surface area contributed by atoms with E-state index in [0.717, 1.165) is 6.20 Å². The minimum absolute atomic E-state index is 0.351. The van der Waals surface area contributed by atoms with E-state index in [1.165, 1.54) is 19.5 Å². The van der Waals surface area contributed by atoms with Gasteiger partial charge in [-0.1, -0.05) is 0 Å². The molecule has 15 heavy (non-hydrogen) atoms. The van der Waals surface area contributed by atoms with E-state index in [1.807, 2.05) is 0 Å². The molecule has 0 radical (unpaired) electrons. The van der Waals surface area contributed by atoms with Gasteiger partial charge in [-0.15, -0.1) is 0 Å². The molecule has 0 N–H and O–H groups in total. The minimum Gasteiger partial charge on any atom is -0.481 e. The average Bonchev–Trinajstić information content (AvgIpc) is 2.31. The lowest BCUT2D eigenvalue weighted by atomic mass is 10.2. The van der Waals surface area contributed by atoms with Crippen LogP contribution in [0.4, 0.5) is 4.39 Å². The lowest BCUT2D eigenvalue weighted by molar-refractivity contribution is 0.396. The first-order chi connectivity index (χ1) is 7.31. The molecule has 4 nitrogen and oxygen atoms in total. The van der Waals surface area contributed by atoms with Gasteiger partial charge >= 0.3 is 0 Å². The van der Waals surface area contributed by atoms with Crippen molar-refractivity contribution in [3.05, 3.63) is 36.7 Å².